The lowest BCUT2D eigenvalue weighted by Crippen LogP contribution is -2.30. The van der Waals surface area contributed by atoms with E-state index in [0.717, 1.165) is 11.8 Å². The number of benzene rings is 1. The van der Waals surface area contributed by atoms with Gasteiger partial charge < -0.3 is 9.59 Å². The van der Waals surface area contributed by atoms with Crippen LogP contribution in [-0.2, 0) is 16.0 Å². The molecule has 1 aliphatic carbocycles. The smallest absolute Gasteiger partial charge is 0.176 e. The molecule has 0 saturated heterocycles. The van der Waals surface area contributed by atoms with Crippen molar-refractivity contribution in [2.75, 3.05) is 0 Å². The van der Waals surface area contributed by atoms with Crippen LogP contribution >= 0.6 is 0 Å². The Morgan fingerprint density at radius 2 is 2.12 bits per heavy atom. The van der Waals surface area contributed by atoms with Crippen molar-refractivity contribution in [3.05, 3.63) is 35.4 Å². The van der Waals surface area contributed by atoms with Crippen molar-refractivity contribution >= 4 is 17.9 Å². The van der Waals surface area contributed by atoms with Crippen molar-refractivity contribution in [1.82, 2.24) is 0 Å². The minimum atomic E-state index is -1.00. The van der Waals surface area contributed by atoms with Crippen molar-refractivity contribution < 1.29 is 14.4 Å². The van der Waals surface area contributed by atoms with Crippen molar-refractivity contribution in [2.24, 2.45) is 5.41 Å². The van der Waals surface area contributed by atoms with Gasteiger partial charge in [-0.3, -0.25) is 4.79 Å². The number of rotatable bonds is 4. The predicted molar refractivity (Wildman–Crippen MR) is 62.9 cm³/mol. The van der Waals surface area contributed by atoms with Crippen LogP contribution in [0.1, 0.15) is 35.7 Å². The number of carbonyl (C=O) groups is 3. The first-order valence-electron chi connectivity index (χ1n) is 5.67. The molecule has 0 aliphatic heterocycles. The van der Waals surface area contributed by atoms with E-state index >= 15 is 0 Å². The van der Waals surface area contributed by atoms with Gasteiger partial charge >= 0.3 is 0 Å². The van der Waals surface area contributed by atoms with Crippen LogP contribution in [0.25, 0.3) is 0 Å². The molecular weight excluding hydrogens is 216 g/mol. The quantitative estimate of drug-likeness (QED) is 0.587. The van der Waals surface area contributed by atoms with Crippen LogP contribution in [0.3, 0.4) is 0 Å². The molecule has 3 heteroatoms. The molecule has 0 bridgehead atoms. The molecule has 1 aromatic carbocycles. The van der Waals surface area contributed by atoms with Gasteiger partial charge in [0, 0.05) is 12.0 Å². The highest BCUT2D eigenvalue weighted by atomic mass is 16.1. The number of hydrogen-bond acceptors (Lipinski definition) is 3. The summed E-state index contributed by atoms with van der Waals surface area (Å²) in [7, 11) is 0. The van der Waals surface area contributed by atoms with Crippen LogP contribution in [0.15, 0.2) is 24.3 Å². The number of ketones is 2. The molecule has 0 spiro atoms. The molecule has 0 heterocycles. The van der Waals surface area contributed by atoms with E-state index in [1.165, 1.54) is 6.92 Å². The largest absolute Gasteiger partial charge is 0.302 e. The Hall–Kier alpha value is -1.77. The predicted octanol–water partition coefficient (Wildman–Crippen LogP) is 1.98. The average molecular weight is 230 g/mol. The second kappa shape index (κ2) is 4.24. The lowest BCUT2D eigenvalue weighted by Gasteiger charge is -2.19. The minimum absolute atomic E-state index is 0.00924. The molecule has 3 nitrogen and oxygen atoms in total. The zero-order valence-electron chi connectivity index (χ0n) is 9.73. The van der Waals surface area contributed by atoms with E-state index in [4.69, 9.17) is 0 Å². The first-order valence-corrected chi connectivity index (χ1v) is 5.67. The standard InChI is InChI=1S/C14H14O3/c1-10(16)6-7-14(9-15)8-11-4-2-3-5-12(11)13(14)17/h2-5,9H,6-8H2,1H3. The van der Waals surface area contributed by atoms with E-state index in [0.29, 0.717) is 18.4 Å². The van der Waals surface area contributed by atoms with E-state index in [9.17, 15) is 14.4 Å². The summed E-state index contributed by atoms with van der Waals surface area (Å²) in [5.41, 5.74) is 0.534. The molecule has 0 amide bonds. The van der Waals surface area contributed by atoms with Gasteiger partial charge in [-0.2, -0.15) is 0 Å². The molecule has 0 fully saturated rings. The van der Waals surface area contributed by atoms with E-state index in [1.54, 1.807) is 12.1 Å². The molecule has 17 heavy (non-hydrogen) atoms. The molecule has 0 aromatic heterocycles. The van der Waals surface area contributed by atoms with Gasteiger partial charge in [-0.1, -0.05) is 24.3 Å². The molecule has 0 N–H and O–H groups in total. The minimum Gasteiger partial charge on any atom is -0.302 e. The third-order valence-electron chi connectivity index (χ3n) is 3.37. The molecule has 1 atom stereocenters. The molecule has 2 rings (SSSR count). The van der Waals surface area contributed by atoms with Crippen LogP contribution in [0.5, 0.6) is 0 Å². The normalized spacial score (nSPS) is 22.3. The van der Waals surface area contributed by atoms with Crippen molar-refractivity contribution in [1.29, 1.82) is 0 Å². The van der Waals surface area contributed by atoms with Crippen LogP contribution < -0.4 is 0 Å². The van der Waals surface area contributed by atoms with E-state index in [-0.39, 0.29) is 18.0 Å². The van der Waals surface area contributed by atoms with E-state index < -0.39 is 5.41 Å². The number of aldehydes is 1. The van der Waals surface area contributed by atoms with E-state index in [2.05, 4.69) is 0 Å². The summed E-state index contributed by atoms with van der Waals surface area (Å²) in [6.07, 6.45) is 1.74. The fraction of sp³-hybridized carbons (Fsp3) is 0.357. The first-order chi connectivity index (χ1) is 8.09. The number of hydrogen-bond donors (Lipinski definition) is 0. The van der Waals surface area contributed by atoms with Gasteiger partial charge in [0.15, 0.2) is 5.78 Å². The molecule has 0 radical (unpaired) electrons. The van der Waals surface area contributed by atoms with Gasteiger partial charge in [0.25, 0.3) is 0 Å². The Morgan fingerprint density at radius 3 is 2.71 bits per heavy atom. The zero-order chi connectivity index (χ0) is 12.5. The molecule has 1 aliphatic rings. The summed E-state index contributed by atoms with van der Waals surface area (Å²) in [5, 5.41) is 0. The third kappa shape index (κ3) is 1.93. The Morgan fingerprint density at radius 1 is 1.41 bits per heavy atom. The van der Waals surface area contributed by atoms with Crippen molar-refractivity contribution in [3.63, 3.8) is 0 Å². The summed E-state index contributed by atoms with van der Waals surface area (Å²) >= 11 is 0. The second-order valence-electron chi connectivity index (χ2n) is 4.64. The highest BCUT2D eigenvalue weighted by Crippen LogP contribution is 2.38. The van der Waals surface area contributed by atoms with Gasteiger partial charge in [-0.05, 0) is 25.3 Å². The average Bonchev–Trinajstić information content (AvgIpc) is 2.61. The van der Waals surface area contributed by atoms with Crippen LogP contribution in [0.4, 0.5) is 0 Å². The summed E-state index contributed by atoms with van der Waals surface area (Å²) in [5.74, 6) is -0.126. The van der Waals surface area contributed by atoms with Gasteiger partial charge in [0.2, 0.25) is 0 Å². The summed E-state index contributed by atoms with van der Waals surface area (Å²) in [6, 6.07) is 7.27. The molecule has 1 aromatic rings. The first kappa shape index (κ1) is 11.7. The Kier molecular flexibility index (Phi) is 2.92. The molecule has 88 valence electrons. The fourth-order valence-corrected chi connectivity index (χ4v) is 2.34. The van der Waals surface area contributed by atoms with Crippen molar-refractivity contribution in [2.45, 2.75) is 26.2 Å². The lowest BCUT2D eigenvalue weighted by atomic mass is 9.80. The van der Waals surface area contributed by atoms with Gasteiger partial charge in [0.05, 0.1) is 5.41 Å². The maximum Gasteiger partial charge on any atom is 0.176 e. The Balaban J connectivity index is 2.31. The molecule has 0 saturated carbocycles. The summed E-state index contributed by atoms with van der Waals surface area (Å²) < 4.78 is 0. The number of carbonyl (C=O) groups excluding carboxylic acids is 3. The summed E-state index contributed by atoms with van der Waals surface area (Å²) in [4.78, 5) is 34.5. The highest BCUT2D eigenvalue weighted by Gasteiger charge is 2.44. The molecule has 1 unspecified atom stereocenters. The second-order valence-corrected chi connectivity index (χ2v) is 4.64. The SMILES string of the molecule is CC(=O)CCC1(C=O)Cc2ccccc2C1=O. The zero-order valence-corrected chi connectivity index (χ0v) is 9.73. The van der Waals surface area contributed by atoms with Gasteiger partial charge in [-0.25, -0.2) is 0 Å². The maximum absolute atomic E-state index is 12.2. The Labute approximate surface area is 99.8 Å². The number of fused-ring (bicyclic) bond motifs is 1. The number of Topliss-reactive ketones (excluding diaryl/α,β-unsaturated/α-hetero) is 2. The fourth-order valence-electron chi connectivity index (χ4n) is 2.34. The van der Waals surface area contributed by atoms with Crippen LogP contribution in [0, 0.1) is 5.41 Å². The summed E-state index contributed by atoms with van der Waals surface area (Å²) in [6.45, 7) is 1.48. The Bertz CT molecular complexity index is 490. The third-order valence-corrected chi connectivity index (χ3v) is 3.37. The lowest BCUT2D eigenvalue weighted by molar-refractivity contribution is -0.118. The van der Waals surface area contributed by atoms with E-state index in [1.807, 2.05) is 12.1 Å². The molecular formula is C14H14O3. The van der Waals surface area contributed by atoms with Crippen molar-refractivity contribution in [3.8, 4) is 0 Å². The van der Waals surface area contributed by atoms with Crippen LogP contribution in [-0.4, -0.2) is 17.9 Å². The van der Waals surface area contributed by atoms with Gasteiger partial charge in [-0.15, -0.1) is 0 Å². The highest BCUT2D eigenvalue weighted by molar-refractivity contribution is 6.13. The van der Waals surface area contributed by atoms with Crippen LogP contribution in [0.2, 0.25) is 0 Å². The van der Waals surface area contributed by atoms with Gasteiger partial charge in [0.1, 0.15) is 12.1 Å². The topological polar surface area (TPSA) is 51.2 Å². The maximum atomic E-state index is 12.2. The monoisotopic (exact) mass is 230 g/mol.